The van der Waals surface area contributed by atoms with E-state index in [1.165, 1.54) is 7.11 Å². The molecule has 0 bridgehead atoms. The molecule has 4 N–H and O–H groups in total. The largest absolute Gasteiger partial charge is 0.396 e. The maximum absolute atomic E-state index is 9.10. The van der Waals surface area contributed by atoms with Crippen molar-refractivity contribution in [3.63, 3.8) is 0 Å². The molecule has 0 aromatic heterocycles. The molecule has 0 unspecified atom stereocenters. The van der Waals surface area contributed by atoms with Gasteiger partial charge in [0.05, 0.1) is 6.61 Å². The first-order chi connectivity index (χ1) is 14.2. The lowest BCUT2D eigenvalue weighted by Gasteiger charge is -2.45. The Kier molecular flexibility index (Phi) is 15.9. The van der Waals surface area contributed by atoms with Gasteiger partial charge in [-0.15, -0.1) is 0 Å². The SMILES string of the molecule is CO[C@H]1O[C@H](COCCCO)[C@@H](OCCCO)[C@H](OCCCO)[C@@H]1OCCCO. The van der Waals surface area contributed by atoms with Gasteiger partial charge in [-0.05, 0) is 25.7 Å². The average molecular weight is 427 g/mol. The van der Waals surface area contributed by atoms with Gasteiger partial charge in [0.2, 0.25) is 0 Å². The van der Waals surface area contributed by atoms with Crippen LogP contribution in [0.25, 0.3) is 0 Å². The van der Waals surface area contributed by atoms with Crippen molar-refractivity contribution >= 4 is 0 Å². The highest BCUT2D eigenvalue weighted by molar-refractivity contribution is 4.93. The number of aliphatic hydroxyl groups is 4. The first-order valence-corrected chi connectivity index (χ1v) is 10.3. The topological polar surface area (TPSA) is 136 Å². The van der Waals surface area contributed by atoms with Crippen LogP contribution in [-0.4, -0.2) is 118 Å². The molecule has 10 heteroatoms. The van der Waals surface area contributed by atoms with E-state index in [0.29, 0.717) is 52.1 Å². The summed E-state index contributed by atoms with van der Waals surface area (Å²) in [6, 6.07) is 0. The Morgan fingerprint density at radius 1 is 0.655 bits per heavy atom. The minimum atomic E-state index is -0.725. The monoisotopic (exact) mass is 426 g/mol. The molecule has 5 atom stereocenters. The number of ether oxygens (including phenoxy) is 6. The van der Waals surface area contributed by atoms with Crippen LogP contribution in [0.15, 0.2) is 0 Å². The van der Waals surface area contributed by atoms with Gasteiger partial charge >= 0.3 is 0 Å². The van der Waals surface area contributed by atoms with Crippen LogP contribution < -0.4 is 0 Å². The molecule has 0 aliphatic carbocycles. The lowest BCUT2D eigenvalue weighted by atomic mass is 9.98. The molecule has 1 rings (SSSR count). The third-order valence-electron chi connectivity index (χ3n) is 4.39. The Morgan fingerprint density at radius 3 is 1.66 bits per heavy atom. The van der Waals surface area contributed by atoms with Gasteiger partial charge in [-0.25, -0.2) is 0 Å². The molecule has 0 aromatic rings. The molecule has 174 valence electrons. The standard InChI is InChI=1S/C19H38O10/c1-24-19-18(28-13-5-9-23)17(27-12-4-8-22)16(26-11-3-7-21)15(29-19)14-25-10-2-6-20/h15-23H,2-14H2,1H3/t15-,16-,17+,18+,19+/m1/s1. The first kappa shape index (κ1) is 26.6. The van der Waals surface area contributed by atoms with Gasteiger partial charge in [-0.2, -0.15) is 0 Å². The predicted molar refractivity (Wildman–Crippen MR) is 103 cm³/mol. The molecular formula is C19H38O10. The van der Waals surface area contributed by atoms with Crippen molar-refractivity contribution in [3.8, 4) is 0 Å². The summed E-state index contributed by atoms with van der Waals surface area (Å²) in [5, 5.41) is 36.2. The van der Waals surface area contributed by atoms with E-state index >= 15 is 0 Å². The van der Waals surface area contributed by atoms with Crippen LogP contribution in [0.3, 0.4) is 0 Å². The maximum Gasteiger partial charge on any atom is 0.186 e. The van der Waals surface area contributed by atoms with Crippen molar-refractivity contribution in [1.82, 2.24) is 0 Å². The third-order valence-corrected chi connectivity index (χ3v) is 4.39. The molecule has 29 heavy (non-hydrogen) atoms. The van der Waals surface area contributed by atoms with Gasteiger partial charge in [0.1, 0.15) is 24.4 Å². The molecule has 0 spiro atoms. The normalized spacial score (nSPS) is 27.4. The van der Waals surface area contributed by atoms with Crippen molar-refractivity contribution in [2.24, 2.45) is 0 Å². The van der Waals surface area contributed by atoms with Crippen molar-refractivity contribution in [2.75, 3.05) is 66.6 Å². The molecule has 0 saturated carbocycles. The van der Waals surface area contributed by atoms with Crippen molar-refractivity contribution in [1.29, 1.82) is 0 Å². The van der Waals surface area contributed by atoms with Gasteiger partial charge in [-0.1, -0.05) is 0 Å². The lowest BCUT2D eigenvalue weighted by molar-refractivity contribution is -0.318. The lowest BCUT2D eigenvalue weighted by Crippen LogP contribution is -2.62. The van der Waals surface area contributed by atoms with Gasteiger partial charge in [0.25, 0.3) is 0 Å². The van der Waals surface area contributed by atoms with Crippen LogP contribution in [0, 0.1) is 0 Å². The smallest absolute Gasteiger partial charge is 0.186 e. The van der Waals surface area contributed by atoms with Gasteiger partial charge in [0.15, 0.2) is 6.29 Å². The van der Waals surface area contributed by atoms with Gasteiger partial charge in [0, 0.05) is 60.0 Å². The second kappa shape index (κ2) is 17.3. The number of hydrogen-bond donors (Lipinski definition) is 4. The Labute approximate surface area is 172 Å². The zero-order valence-corrected chi connectivity index (χ0v) is 17.3. The summed E-state index contributed by atoms with van der Waals surface area (Å²) in [5.41, 5.74) is 0. The van der Waals surface area contributed by atoms with Gasteiger partial charge < -0.3 is 48.8 Å². The molecule has 1 aliphatic heterocycles. The summed E-state index contributed by atoms with van der Waals surface area (Å²) in [4.78, 5) is 0. The first-order valence-electron chi connectivity index (χ1n) is 10.3. The van der Waals surface area contributed by atoms with E-state index in [9.17, 15) is 0 Å². The quantitative estimate of drug-likeness (QED) is 0.203. The van der Waals surface area contributed by atoms with E-state index in [4.69, 9.17) is 48.8 Å². The summed E-state index contributed by atoms with van der Waals surface area (Å²) in [5.74, 6) is 0. The zero-order chi connectivity index (χ0) is 21.3. The van der Waals surface area contributed by atoms with Crippen molar-refractivity contribution in [2.45, 2.75) is 56.4 Å². The average Bonchev–Trinajstić information content (AvgIpc) is 2.73. The van der Waals surface area contributed by atoms with Crippen LogP contribution >= 0.6 is 0 Å². The summed E-state index contributed by atoms with van der Waals surface area (Å²) in [6.45, 7) is 1.53. The highest BCUT2D eigenvalue weighted by atomic mass is 16.7. The fourth-order valence-electron chi connectivity index (χ4n) is 2.99. The minimum absolute atomic E-state index is 0.000979. The summed E-state index contributed by atoms with van der Waals surface area (Å²) < 4.78 is 35.0. The molecule has 0 amide bonds. The van der Waals surface area contributed by atoms with Crippen LogP contribution in [0.2, 0.25) is 0 Å². The Bertz CT molecular complexity index is 373. The van der Waals surface area contributed by atoms with Gasteiger partial charge in [-0.3, -0.25) is 0 Å². The molecule has 1 fully saturated rings. The molecule has 10 nitrogen and oxygen atoms in total. The van der Waals surface area contributed by atoms with E-state index in [1.807, 2.05) is 0 Å². The Morgan fingerprint density at radius 2 is 1.14 bits per heavy atom. The third kappa shape index (κ3) is 9.97. The van der Waals surface area contributed by atoms with Crippen molar-refractivity contribution < 1.29 is 48.8 Å². The van der Waals surface area contributed by atoms with E-state index in [1.54, 1.807) is 0 Å². The summed E-state index contributed by atoms with van der Waals surface area (Å²) in [6.07, 6.45) is -1.03. The van der Waals surface area contributed by atoms with E-state index in [-0.39, 0.29) is 33.0 Å². The molecular weight excluding hydrogens is 388 g/mol. The van der Waals surface area contributed by atoms with E-state index < -0.39 is 30.7 Å². The predicted octanol–water partition coefficient (Wildman–Crippen LogP) is -0.940. The molecule has 1 saturated heterocycles. The fourth-order valence-corrected chi connectivity index (χ4v) is 2.99. The van der Waals surface area contributed by atoms with Crippen LogP contribution in [0.5, 0.6) is 0 Å². The summed E-state index contributed by atoms with van der Waals surface area (Å²) >= 11 is 0. The maximum atomic E-state index is 9.10. The molecule has 1 aliphatic rings. The number of methoxy groups -OCH3 is 1. The van der Waals surface area contributed by atoms with Crippen molar-refractivity contribution in [3.05, 3.63) is 0 Å². The number of hydrogen-bond acceptors (Lipinski definition) is 10. The minimum Gasteiger partial charge on any atom is -0.396 e. The molecule has 1 heterocycles. The number of rotatable bonds is 18. The number of aliphatic hydroxyl groups excluding tert-OH is 4. The zero-order valence-electron chi connectivity index (χ0n) is 17.3. The Balaban J connectivity index is 2.92. The Hall–Kier alpha value is -0.400. The van der Waals surface area contributed by atoms with Crippen LogP contribution in [0.4, 0.5) is 0 Å². The second-order valence-corrected chi connectivity index (χ2v) is 6.67. The fraction of sp³-hybridized carbons (Fsp3) is 1.00. The summed E-state index contributed by atoms with van der Waals surface area (Å²) in [7, 11) is 1.51. The van der Waals surface area contributed by atoms with E-state index in [2.05, 4.69) is 0 Å². The highest BCUT2D eigenvalue weighted by Gasteiger charge is 2.48. The molecule has 0 aromatic carbocycles. The van der Waals surface area contributed by atoms with Crippen LogP contribution in [-0.2, 0) is 28.4 Å². The van der Waals surface area contributed by atoms with E-state index in [0.717, 1.165) is 0 Å². The second-order valence-electron chi connectivity index (χ2n) is 6.67. The molecule has 0 radical (unpaired) electrons. The van der Waals surface area contributed by atoms with Crippen LogP contribution in [0.1, 0.15) is 25.7 Å². The highest BCUT2D eigenvalue weighted by Crippen LogP contribution is 2.29.